The highest BCUT2D eigenvalue weighted by atomic mass is 19.4. The molecule has 0 fully saturated rings. The SMILES string of the molecule is C=C(CCNC(=O)N1CCc2ccccc2[C@@H]1c1ccc(F)cc1)NCC(F)(F)F. The maximum atomic E-state index is 13.4. The molecule has 0 saturated carbocycles. The lowest BCUT2D eigenvalue weighted by atomic mass is 9.88. The normalized spacial score (nSPS) is 16.0. The highest BCUT2D eigenvalue weighted by Gasteiger charge is 2.32. The zero-order chi connectivity index (χ0) is 21.7. The Labute approximate surface area is 172 Å². The molecule has 1 atom stereocenters. The molecule has 160 valence electrons. The summed E-state index contributed by atoms with van der Waals surface area (Å²) >= 11 is 0. The van der Waals surface area contributed by atoms with Crippen molar-refractivity contribution in [3.05, 3.63) is 83.3 Å². The molecule has 0 aliphatic carbocycles. The predicted octanol–water partition coefficient (Wildman–Crippen LogP) is 4.54. The van der Waals surface area contributed by atoms with E-state index in [1.165, 1.54) is 12.1 Å². The van der Waals surface area contributed by atoms with Crippen molar-refractivity contribution in [3.63, 3.8) is 0 Å². The number of nitrogens with zero attached hydrogens (tertiary/aromatic N) is 1. The minimum absolute atomic E-state index is 0.150. The van der Waals surface area contributed by atoms with Gasteiger partial charge in [-0.2, -0.15) is 13.2 Å². The van der Waals surface area contributed by atoms with Crippen molar-refractivity contribution < 1.29 is 22.4 Å². The van der Waals surface area contributed by atoms with Crippen LogP contribution in [-0.4, -0.2) is 36.7 Å². The van der Waals surface area contributed by atoms with Gasteiger partial charge in [0.25, 0.3) is 0 Å². The Hall–Kier alpha value is -3.03. The van der Waals surface area contributed by atoms with Crippen molar-refractivity contribution in [1.82, 2.24) is 15.5 Å². The van der Waals surface area contributed by atoms with Gasteiger partial charge in [-0.05, 0) is 35.2 Å². The molecule has 1 aliphatic heterocycles. The Morgan fingerprint density at radius 1 is 1.10 bits per heavy atom. The molecule has 2 aromatic carbocycles. The van der Waals surface area contributed by atoms with Gasteiger partial charge in [-0.25, -0.2) is 9.18 Å². The quantitative estimate of drug-likeness (QED) is 0.673. The molecule has 0 unspecified atom stereocenters. The molecule has 2 aromatic rings. The second kappa shape index (κ2) is 9.19. The first kappa shape index (κ1) is 21.7. The number of nitrogens with one attached hydrogen (secondary N) is 2. The second-order valence-electron chi connectivity index (χ2n) is 7.15. The molecule has 4 nitrogen and oxygen atoms in total. The average molecular weight is 421 g/mol. The van der Waals surface area contributed by atoms with Crippen molar-refractivity contribution in [2.75, 3.05) is 19.6 Å². The molecule has 0 radical (unpaired) electrons. The van der Waals surface area contributed by atoms with Gasteiger partial charge in [-0.1, -0.05) is 43.0 Å². The Kier molecular flexibility index (Phi) is 6.64. The van der Waals surface area contributed by atoms with Crippen LogP contribution in [0.15, 0.2) is 60.8 Å². The third-order valence-corrected chi connectivity index (χ3v) is 4.97. The number of rotatable bonds is 6. The smallest absolute Gasteiger partial charge is 0.380 e. The Bertz CT molecular complexity index is 896. The third kappa shape index (κ3) is 5.52. The van der Waals surface area contributed by atoms with Gasteiger partial charge in [0.2, 0.25) is 0 Å². The lowest BCUT2D eigenvalue weighted by Crippen LogP contribution is -2.46. The van der Waals surface area contributed by atoms with Crippen LogP contribution in [0.3, 0.4) is 0 Å². The van der Waals surface area contributed by atoms with Crippen molar-refractivity contribution >= 4 is 6.03 Å². The minimum Gasteiger partial charge on any atom is -0.380 e. The van der Waals surface area contributed by atoms with Gasteiger partial charge >= 0.3 is 12.2 Å². The summed E-state index contributed by atoms with van der Waals surface area (Å²) in [5.41, 5.74) is 3.09. The van der Waals surface area contributed by atoms with Crippen LogP contribution in [0.5, 0.6) is 0 Å². The van der Waals surface area contributed by atoms with E-state index in [9.17, 15) is 22.4 Å². The molecule has 1 heterocycles. The van der Waals surface area contributed by atoms with Crippen molar-refractivity contribution in [1.29, 1.82) is 0 Å². The van der Waals surface area contributed by atoms with E-state index in [0.29, 0.717) is 13.0 Å². The number of benzene rings is 2. The van der Waals surface area contributed by atoms with Gasteiger partial charge in [-0.15, -0.1) is 0 Å². The first-order chi connectivity index (χ1) is 14.2. The fraction of sp³-hybridized carbons (Fsp3) is 0.318. The van der Waals surface area contributed by atoms with Crippen LogP contribution >= 0.6 is 0 Å². The zero-order valence-electron chi connectivity index (χ0n) is 16.3. The van der Waals surface area contributed by atoms with Crippen LogP contribution in [0.4, 0.5) is 22.4 Å². The Morgan fingerprint density at radius 3 is 2.50 bits per heavy atom. The first-order valence-corrected chi connectivity index (χ1v) is 9.61. The zero-order valence-corrected chi connectivity index (χ0v) is 16.3. The van der Waals surface area contributed by atoms with Crippen molar-refractivity contribution in [2.24, 2.45) is 0 Å². The summed E-state index contributed by atoms with van der Waals surface area (Å²) in [6.07, 6.45) is -3.47. The summed E-state index contributed by atoms with van der Waals surface area (Å²) in [5.74, 6) is -0.358. The maximum absolute atomic E-state index is 13.4. The topological polar surface area (TPSA) is 44.4 Å². The number of hydrogen-bond donors (Lipinski definition) is 2. The minimum atomic E-state index is -4.32. The fourth-order valence-corrected chi connectivity index (χ4v) is 3.53. The van der Waals surface area contributed by atoms with Gasteiger partial charge in [-0.3, -0.25) is 0 Å². The summed E-state index contributed by atoms with van der Waals surface area (Å²) in [6, 6.07) is 13.1. The number of urea groups is 1. The number of halogens is 4. The van der Waals surface area contributed by atoms with Crippen molar-refractivity contribution in [2.45, 2.75) is 25.1 Å². The summed E-state index contributed by atoms with van der Waals surface area (Å²) in [7, 11) is 0. The highest BCUT2D eigenvalue weighted by Crippen LogP contribution is 2.35. The van der Waals surface area contributed by atoms with Crippen LogP contribution in [0.25, 0.3) is 0 Å². The number of amides is 2. The monoisotopic (exact) mass is 421 g/mol. The fourth-order valence-electron chi connectivity index (χ4n) is 3.53. The number of hydrogen-bond acceptors (Lipinski definition) is 2. The molecule has 0 bridgehead atoms. The van der Waals surface area contributed by atoms with Crippen LogP contribution < -0.4 is 10.6 Å². The van der Waals surface area contributed by atoms with Gasteiger partial charge in [0.15, 0.2) is 0 Å². The largest absolute Gasteiger partial charge is 0.405 e. The molecule has 30 heavy (non-hydrogen) atoms. The van der Waals surface area contributed by atoms with Crippen LogP contribution in [-0.2, 0) is 6.42 Å². The summed E-state index contributed by atoms with van der Waals surface area (Å²) in [5, 5.41) is 4.96. The lowest BCUT2D eigenvalue weighted by molar-refractivity contribution is -0.123. The van der Waals surface area contributed by atoms with E-state index in [2.05, 4.69) is 17.2 Å². The van der Waals surface area contributed by atoms with E-state index in [4.69, 9.17) is 0 Å². The number of carbonyl (C=O) groups excluding carboxylic acids is 1. The molecule has 0 saturated heterocycles. The van der Waals surface area contributed by atoms with Gasteiger partial charge < -0.3 is 15.5 Å². The molecular formula is C22H23F4N3O. The summed E-state index contributed by atoms with van der Waals surface area (Å²) in [4.78, 5) is 14.5. The lowest BCUT2D eigenvalue weighted by Gasteiger charge is -2.37. The van der Waals surface area contributed by atoms with Gasteiger partial charge in [0.05, 0.1) is 6.04 Å². The summed E-state index contributed by atoms with van der Waals surface area (Å²) in [6.45, 7) is 3.02. The number of fused-ring (bicyclic) bond motifs is 1. The number of alkyl halides is 3. The van der Waals surface area contributed by atoms with Gasteiger partial charge in [0, 0.05) is 25.2 Å². The maximum Gasteiger partial charge on any atom is 0.405 e. The molecule has 2 N–H and O–H groups in total. The highest BCUT2D eigenvalue weighted by molar-refractivity contribution is 5.76. The van der Waals surface area contributed by atoms with E-state index >= 15 is 0 Å². The van der Waals surface area contributed by atoms with Gasteiger partial charge in [0.1, 0.15) is 12.4 Å². The molecule has 0 spiro atoms. The standard InChI is InChI=1S/C22H23F4N3O/c1-15(28-14-22(24,25)26)10-12-27-21(30)29-13-11-16-4-2-3-5-19(16)20(29)17-6-8-18(23)9-7-17/h2-9,20,28H,1,10-14H2,(H,27,30)/t20-/m0/s1. The van der Waals surface area contributed by atoms with E-state index in [0.717, 1.165) is 16.7 Å². The molecule has 1 aliphatic rings. The van der Waals surface area contributed by atoms with Crippen LogP contribution in [0.1, 0.15) is 29.2 Å². The molecule has 8 heteroatoms. The molecular weight excluding hydrogens is 398 g/mol. The average Bonchev–Trinajstić information content (AvgIpc) is 2.71. The Balaban J connectivity index is 1.68. The number of carbonyl (C=O) groups is 1. The van der Waals surface area contributed by atoms with Crippen molar-refractivity contribution in [3.8, 4) is 0 Å². The van der Waals surface area contributed by atoms with E-state index in [1.807, 2.05) is 24.3 Å². The second-order valence-corrected chi connectivity index (χ2v) is 7.15. The predicted molar refractivity (Wildman–Crippen MR) is 106 cm³/mol. The van der Waals surface area contributed by atoms with Crippen LogP contribution in [0.2, 0.25) is 0 Å². The molecule has 0 aromatic heterocycles. The Morgan fingerprint density at radius 2 is 1.80 bits per heavy atom. The molecule has 3 rings (SSSR count). The van der Waals surface area contributed by atoms with E-state index in [-0.39, 0.29) is 36.6 Å². The van der Waals surface area contributed by atoms with E-state index in [1.54, 1.807) is 17.0 Å². The summed E-state index contributed by atoms with van der Waals surface area (Å²) < 4.78 is 50.2. The van der Waals surface area contributed by atoms with Crippen LogP contribution in [0, 0.1) is 5.82 Å². The first-order valence-electron chi connectivity index (χ1n) is 9.61. The van der Waals surface area contributed by atoms with E-state index < -0.39 is 12.7 Å². The molecule has 2 amide bonds. The third-order valence-electron chi connectivity index (χ3n) is 4.97.